The summed E-state index contributed by atoms with van der Waals surface area (Å²) < 4.78 is 2.10. The van der Waals surface area contributed by atoms with Gasteiger partial charge in [-0.05, 0) is 41.8 Å². The highest BCUT2D eigenvalue weighted by Crippen LogP contribution is 2.18. The Morgan fingerprint density at radius 2 is 1.81 bits per heavy atom. The molecule has 0 atom stereocenters. The van der Waals surface area contributed by atoms with Gasteiger partial charge in [-0.25, -0.2) is 4.79 Å². The third-order valence-corrected chi connectivity index (χ3v) is 4.55. The monoisotopic (exact) mass is 362 g/mol. The zero-order valence-corrected chi connectivity index (χ0v) is 14.5. The lowest BCUT2D eigenvalue weighted by atomic mass is 10.2. The summed E-state index contributed by atoms with van der Waals surface area (Å²) in [6, 6.07) is 16.3. The van der Waals surface area contributed by atoms with Crippen molar-refractivity contribution in [1.29, 1.82) is 0 Å². The smallest absolute Gasteiger partial charge is 0.329 e. The quantitative estimate of drug-likeness (QED) is 0.682. The van der Waals surface area contributed by atoms with Crippen molar-refractivity contribution in [1.82, 2.24) is 15.2 Å². The Bertz CT molecular complexity index is 1020. The molecule has 0 aliphatic carbocycles. The van der Waals surface area contributed by atoms with Crippen LogP contribution in [0.25, 0.3) is 10.9 Å². The number of amides is 4. The molecule has 7 heteroatoms. The highest BCUT2D eigenvalue weighted by Gasteiger charge is 2.27. The van der Waals surface area contributed by atoms with Crippen LogP contribution < -0.4 is 15.5 Å². The van der Waals surface area contributed by atoms with Crippen molar-refractivity contribution in [3.63, 3.8) is 0 Å². The first-order valence-electron chi connectivity index (χ1n) is 8.65. The lowest BCUT2D eigenvalue weighted by molar-refractivity contribution is -0.117. The number of aromatic nitrogens is 1. The molecule has 4 amide bonds. The second-order valence-corrected chi connectivity index (χ2v) is 6.31. The Labute approximate surface area is 155 Å². The van der Waals surface area contributed by atoms with Gasteiger partial charge in [-0.1, -0.05) is 18.2 Å². The van der Waals surface area contributed by atoms with Crippen molar-refractivity contribution in [2.45, 2.75) is 6.54 Å². The summed E-state index contributed by atoms with van der Waals surface area (Å²) in [6.45, 7) is 1.17. The molecule has 0 bridgehead atoms. The summed E-state index contributed by atoms with van der Waals surface area (Å²) in [5.74, 6) is -0.515. The van der Waals surface area contributed by atoms with Crippen LogP contribution >= 0.6 is 0 Å². The van der Waals surface area contributed by atoms with E-state index in [0.717, 1.165) is 5.52 Å². The second kappa shape index (κ2) is 6.95. The molecule has 7 nitrogen and oxygen atoms in total. The lowest BCUT2D eigenvalue weighted by Gasteiger charge is -2.13. The van der Waals surface area contributed by atoms with Gasteiger partial charge < -0.3 is 9.88 Å². The van der Waals surface area contributed by atoms with Crippen LogP contribution in [0.4, 0.5) is 10.5 Å². The Morgan fingerprint density at radius 1 is 1.04 bits per heavy atom. The number of urea groups is 1. The highest BCUT2D eigenvalue weighted by molar-refractivity contribution is 6.12. The van der Waals surface area contributed by atoms with Crippen LogP contribution in [0.2, 0.25) is 0 Å². The molecule has 1 aromatic heterocycles. The summed E-state index contributed by atoms with van der Waals surface area (Å²) in [4.78, 5) is 36.6. The normalized spacial score (nSPS) is 13.9. The van der Waals surface area contributed by atoms with Gasteiger partial charge in [0.2, 0.25) is 5.91 Å². The molecular weight excluding hydrogens is 344 g/mol. The van der Waals surface area contributed by atoms with Crippen molar-refractivity contribution in [3.8, 4) is 0 Å². The van der Waals surface area contributed by atoms with Crippen molar-refractivity contribution in [2.75, 3.05) is 18.0 Å². The van der Waals surface area contributed by atoms with E-state index in [4.69, 9.17) is 0 Å². The molecule has 2 N–H and O–H groups in total. The number of benzene rings is 2. The predicted molar refractivity (Wildman–Crippen MR) is 102 cm³/mol. The van der Waals surface area contributed by atoms with Gasteiger partial charge in [0.25, 0.3) is 5.91 Å². The number of para-hydroxylation sites is 1. The molecule has 3 aromatic rings. The molecule has 1 aliphatic rings. The summed E-state index contributed by atoms with van der Waals surface area (Å²) in [5.41, 5.74) is 2.21. The number of nitrogens with zero attached hydrogens (tertiary/aromatic N) is 2. The number of imide groups is 1. The van der Waals surface area contributed by atoms with Crippen LogP contribution in [0.5, 0.6) is 0 Å². The SMILES string of the molecule is O=C1CN(c2ccc(C(=O)NCCn3ccc4ccccc43)cc2)C(=O)N1. The molecule has 0 unspecified atom stereocenters. The van der Waals surface area contributed by atoms with Gasteiger partial charge in [-0.15, -0.1) is 0 Å². The van der Waals surface area contributed by atoms with E-state index >= 15 is 0 Å². The van der Waals surface area contributed by atoms with E-state index in [1.54, 1.807) is 24.3 Å². The maximum absolute atomic E-state index is 12.3. The Balaban J connectivity index is 1.36. The topological polar surface area (TPSA) is 83.4 Å². The lowest BCUT2D eigenvalue weighted by Crippen LogP contribution is -2.28. The third-order valence-electron chi connectivity index (χ3n) is 4.55. The van der Waals surface area contributed by atoms with Crippen LogP contribution in [-0.2, 0) is 11.3 Å². The molecule has 136 valence electrons. The highest BCUT2D eigenvalue weighted by atomic mass is 16.2. The Hall–Kier alpha value is -3.61. The van der Waals surface area contributed by atoms with Gasteiger partial charge in [0.1, 0.15) is 6.54 Å². The Kier molecular flexibility index (Phi) is 4.33. The summed E-state index contributed by atoms with van der Waals surface area (Å²) in [6.07, 6.45) is 2.01. The largest absolute Gasteiger partial charge is 0.350 e. The van der Waals surface area contributed by atoms with E-state index in [1.165, 1.54) is 10.3 Å². The fraction of sp³-hybridized carbons (Fsp3) is 0.150. The fourth-order valence-electron chi connectivity index (χ4n) is 3.17. The number of carbonyl (C=O) groups is 3. The number of fused-ring (bicyclic) bond motifs is 1. The average Bonchev–Trinajstić information content (AvgIpc) is 3.24. The van der Waals surface area contributed by atoms with Gasteiger partial charge in [-0.2, -0.15) is 0 Å². The molecule has 1 fully saturated rings. The van der Waals surface area contributed by atoms with Crippen LogP contribution in [-0.4, -0.2) is 35.5 Å². The number of rotatable bonds is 5. The van der Waals surface area contributed by atoms with Crippen molar-refractivity contribution in [2.24, 2.45) is 0 Å². The molecule has 0 saturated carbocycles. The van der Waals surface area contributed by atoms with Gasteiger partial charge in [0.15, 0.2) is 0 Å². The molecule has 1 saturated heterocycles. The maximum Gasteiger partial charge on any atom is 0.329 e. The number of carbonyl (C=O) groups excluding carboxylic acids is 3. The minimum absolute atomic E-state index is 0.00476. The second-order valence-electron chi connectivity index (χ2n) is 6.31. The number of hydrogen-bond donors (Lipinski definition) is 2. The minimum atomic E-state index is -0.448. The first kappa shape index (κ1) is 16.8. The van der Waals surface area contributed by atoms with E-state index in [2.05, 4.69) is 33.4 Å². The standard InChI is InChI=1S/C20H18N4O3/c25-18-13-24(20(27)22-18)16-7-5-15(6-8-16)19(26)21-10-12-23-11-9-14-3-1-2-4-17(14)23/h1-9,11H,10,12-13H2,(H,21,26)(H,22,25,27). The molecule has 4 rings (SSSR count). The first-order chi connectivity index (χ1) is 13.1. The van der Waals surface area contributed by atoms with Gasteiger partial charge >= 0.3 is 6.03 Å². The van der Waals surface area contributed by atoms with E-state index < -0.39 is 6.03 Å². The van der Waals surface area contributed by atoms with Crippen LogP contribution in [0.15, 0.2) is 60.8 Å². The fourth-order valence-corrected chi connectivity index (χ4v) is 3.17. The van der Waals surface area contributed by atoms with Crippen molar-refractivity contribution >= 4 is 34.4 Å². The molecule has 27 heavy (non-hydrogen) atoms. The van der Waals surface area contributed by atoms with Crippen molar-refractivity contribution < 1.29 is 14.4 Å². The summed E-state index contributed by atoms with van der Waals surface area (Å²) >= 11 is 0. The number of anilines is 1. The van der Waals surface area contributed by atoms with Gasteiger partial charge in [0.05, 0.1) is 0 Å². The summed E-state index contributed by atoms with van der Waals surface area (Å²) in [5, 5.41) is 6.29. The van der Waals surface area contributed by atoms with E-state index in [9.17, 15) is 14.4 Å². The molecule has 1 aliphatic heterocycles. The number of nitrogens with one attached hydrogen (secondary N) is 2. The van der Waals surface area contributed by atoms with E-state index in [0.29, 0.717) is 24.3 Å². The van der Waals surface area contributed by atoms with Gasteiger partial charge in [-0.3, -0.25) is 19.8 Å². The third kappa shape index (κ3) is 3.39. The van der Waals surface area contributed by atoms with Crippen LogP contribution in [0, 0.1) is 0 Å². The van der Waals surface area contributed by atoms with Crippen LogP contribution in [0.1, 0.15) is 10.4 Å². The molecule has 0 spiro atoms. The Morgan fingerprint density at radius 3 is 2.56 bits per heavy atom. The average molecular weight is 362 g/mol. The predicted octanol–water partition coefficient (Wildman–Crippen LogP) is 2.13. The van der Waals surface area contributed by atoms with E-state index in [-0.39, 0.29) is 18.4 Å². The molecule has 2 aromatic carbocycles. The molecule has 0 radical (unpaired) electrons. The van der Waals surface area contributed by atoms with Crippen LogP contribution in [0.3, 0.4) is 0 Å². The van der Waals surface area contributed by atoms with Crippen molar-refractivity contribution in [3.05, 3.63) is 66.4 Å². The molecular formula is C20H18N4O3. The first-order valence-corrected chi connectivity index (χ1v) is 8.65. The zero-order valence-electron chi connectivity index (χ0n) is 14.5. The summed E-state index contributed by atoms with van der Waals surface area (Å²) in [7, 11) is 0. The minimum Gasteiger partial charge on any atom is -0.350 e. The maximum atomic E-state index is 12.3. The van der Waals surface area contributed by atoms with Gasteiger partial charge in [0, 0.05) is 36.1 Å². The molecule has 2 heterocycles. The zero-order chi connectivity index (χ0) is 18.8. The van der Waals surface area contributed by atoms with E-state index in [1.807, 2.05) is 18.3 Å². The number of hydrogen-bond acceptors (Lipinski definition) is 3.